The highest BCUT2D eigenvalue weighted by atomic mass is 35.5. The van der Waals surface area contributed by atoms with Crippen molar-refractivity contribution in [2.45, 2.75) is 19.9 Å². The highest BCUT2D eigenvalue weighted by Gasteiger charge is 2.20. The maximum absolute atomic E-state index is 12.1. The van der Waals surface area contributed by atoms with Gasteiger partial charge in [0.05, 0.1) is 11.0 Å². The molecule has 0 saturated heterocycles. The Morgan fingerprint density at radius 1 is 1.29 bits per heavy atom. The molecule has 110 valence electrons. The van der Waals surface area contributed by atoms with Crippen molar-refractivity contribution in [1.82, 2.24) is 9.47 Å². The molecule has 0 radical (unpaired) electrons. The lowest BCUT2D eigenvalue weighted by Crippen LogP contribution is -2.20. The summed E-state index contributed by atoms with van der Waals surface area (Å²) in [5.41, 5.74) is 2.74. The van der Waals surface area contributed by atoms with Crippen molar-refractivity contribution in [2.75, 3.05) is 14.1 Å². The molecule has 3 rings (SSSR count). The van der Waals surface area contributed by atoms with E-state index in [-0.39, 0.29) is 5.91 Å². The van der Waals surface area contributed by atoms with Gasteiger partial charge in [0.15, 0.2) is 11.3 Å². The van der Waals surface area contributed by atoms with E-state index in [1.807, 2.05) is 24.3 Å². The molecule has 1 aromatic carbocycles. The van der Waals surface area contributed by atoms with Gasteiger partial charge in [-0.3, -0.25) is 4.79 Å². The fraction of sp³-hybridized carbons (Fsp3) is 0.312. The van der Waals surface area contributed by atoms with Crippen molar-refractivity contribution in [2.24, 2.45) is 0 Å². The van der Waals surface area contributed by atoms with Crippen molar-refractivity contribution in [1.29, 1.82) is 0 Å². The first kappa shape index (κ1) is 14.0. The third kappa shape index (κ3) is 2.20. The van der Waals surface area contributed by atoms with Gasteiger partial charge in [-0.25, -0.2) is 0 Å². The summed E-state index contributed by atoms with van der Waals surface area (Å²) >= 11 is 6.10. The number of halogens is 1. The van der Waals surface area contributed by atoms with Crippen LogP contribution < -0.4 is 0 Å². The molecule has 2 aromatic heterocycles. The number of fused-ring (bicyclic) bond motifs is 3. The zero-order valence-electron chi connectivity index (χ0n) is 12.3. The highest BCUT2D eigenvalue weighted by Crippen LogP contribution is 2.33. The monoisotopic (exact) mass is 304 g/mol. The van der Waals surface area contributed by atoms with Crippen molar-refractivity contribution < 1.29 is 9.21 Å². The molecule has 0 aliphatic rings. The second kappa shape index (κ2) is 5.11. The predicted molar refractivity (Wildman–Crippen MR) is 85.0 cm³/mol. The van der Waals surface area contributed by atoms with E-state index in [2.05, 4.69) is 11.5 Å². The van der Waals surface area contributed by atoms with Crippen LogP contribution in [0.3, 0.4) is 0 Å². The number of carbonyl (C=O) groups is 1. The van der Waals surface area contributed by atoms with E-state index in [4.69, 9.17) is 16.0 Å². The highest BCUT2D eigenvalue weighted by molar-refractivity contribution is 6.31. The van der Waals surface area contributed by atoms with Crippen LogP contribution in [0.5, 0.6) is 0 Å². The molecule has 4 nitrogen and oxygen atoms in total. The fourth-order valence-corrected chi connectivity index (χ4v) is 2.78. The average Bonchev–Trinajstić information content (AvgIpc) is 2.97. The van der Waals surface area contributed by atoms with E-state index < -0.39 is 0 Å². The molecule has 3 aromatic rings. The zero-order chi connectivity index (χ0) is 15.1. The fourth-order valence-electron chi connectivity index (χ4n) is 2.62. The first-order valence-corrected chi connectivity index (χ1v) is 7.33. The Kier molecular flexibility index (Phi) is 3.41. The minimum Gasteiger partial charge on any atom is -0.449 e. The topological polar surface area (TPSA) is 38.4 Å². The minimum absolute atomic E-state index is 0.128. The van der Waals surface area contributed by atoms with Gasteiger partial charge in [-0.05, 0) is 24.6 Å². The average molecular weight is 305 g/mol. The molecule has 0 atom stereocenters. The molecular weight excluding hydrogens is 288 g/mol. The van der Waals surface area contributed by atoms with Gasteiger partial charge < -0.3 is 13.9 Å². The van der Waals surface area contributed by atoms with Crippen molar-refractivity contribution in [3.63, 3.8) is 0 Å². The van der Waals surface area contributed by atoms with Crippen LogP contribution >= 0.6 is 11.6 Å². The van der Waals surface area contributed by atoms with E-state index >= 15 is 0 Å². The van der Waals surface area contributed by atoms with Crippen LogP contribution in [-0.4, -0.2) is 29.5 Å². The van der Waals surface area contributed by atoms with E-state index in [9.17, 15) is 4.79 Å². The maximum atomic E-state index is 12.1. The molecule has 2 heterocycles. The summed E-state index contributed by atoms with van der Waals surface area (Å²) in [6.45, 7) is 2.98. The molecule has 0 fully saturated rings. The quantitative estimate of drug-likeness (QED) is 0.729. The van der Waals surface area contributed by atoms with Crippen molar-refractivity contribution in [3.05, 3.63) is 35.0 Å². The number of aryl methyl sites for hydroxylation is 1. The van der Waals surface area contributed by atoms with Crippen molar-refractivity contribution in [3.8, 4) is 0 Å². The van der Waals surface area contributed by atoms with Crippen LogP contribution in [0.4, 0.5) is 0 Å². The predicted octanol–water partition coefficient (Wildman–Crippen LogP) is 4.15. The smallest absolute Gasteiger partial charge is 0.289 e. The number of hydrogen-bond acceptors (Lipinski definition) is 2. The largest absolute Gasteiger partial charge is 0.449 e. The Labute approximate surface area is 127 Å². The van der Waals surface area contributed by atoms with Crippen LogP contribution in [0.25, 0.3) is 22.0 Å². The summed E-state index contributed by atoms with van der Waals surface area (Å²) in [7, 11) is 3.43. The number of amides is 1. The molecule has 1 amide bonds. The Hall–Kier alpha value is -1.94. The van der Waals surface area contributed by atoms with E-state index in [1.165, 1.54) is 4.90 Å². The summed E-state index contributed by atoms with van der Waals surface area (Å²) in [4.78, 5) is 13.6. The van der Waals surface area contributed by atoms with Crippen LogP contribution in [0, 0.1) is 0 Å². The van der Waals surface area contributed by atoms with Gasteiger partial charge in [0.25, 0.3) is 5.91 Å². The lowest BCUT2D eigenvalue weighted by Gasteiger charge is -2.07. The number of hydrogen-bond donors (Lipinski definition) is 0. The second-order valence-corrected chi connectivity index (χ2v) is 5.77. The van der Waals surface area contributed by atoms with Gasteiger partial charge in [-0.2, -0.15) is 0 Å². The third-order valence-electron chi connectivity index (χ3n) is 3.56. The summed E-state index contributed by atoms with van der Waals surface area (Å²) in [6.07, 6.45) is 0.994. The molecule has 0 aliphatic carbocycles. The maximum Gasteiger partial charge on any atom is 0.289 e. The van der Waals surface area contributed by atoms with Crippen LogP contribution in [0.1, 0.15) is 23.9 Å². The Balaban J connectivity index is 2.30. The Morgan fingerprint density at radius 2 is 2.05 bits per heavy atom. The number of aromatic nitrogens is 1. The van der Waals surface area contributed by atoms with Crippen LogP contribution in [0.15, 0.2) is 28.7 Å². The zero-order valence-corrected chi connectivity index (χ0v) is 13.1. The van der Waals surface area contributed by atoms with Crippen molar-refractivity contribution >= 4 is 39.5 Å². The lowest BCUT2D eigenvalue weighted by atomic mass is 10.2. The van der Waals surface area contributed by atoms with Crippen LogP contribution in [0.2, 0.25) is 5.02 Å². The van der Waals surface area contributed by atoms with Gasteiger partial charge in [0, 0.05) is 37.1 Å². The molecule has 5 heteroatoms. The van der Waals surface area contributed by atoms with Gasteiger partial charge in [-0.1, -0.05) is 18.5 Å². The molecular formula is C16H17ClN2O2. The Bertz CT molecular complexity index is 830. The number of rotatable bonds is 3. The van der Waals surface area contributed by atoms with Gasteiger partial charge in [0.1, 0.15) is 0 Å². The molecule has 21 heavy (non-hydrogen) atoms. The normalized spacial score (nSPS) is 11.4. The molecule has 0 bridgehead atoms. The first-order valence-electron chi connectivity index (χ1n) is 6.96. The van der Waals surface area contributed by atoms with Gasteiger partial charge in [-0.15, -0.1) is 0 Å². The van der Waals surface area contributed by atoms with E-state index in [0.717, 1.165) is 35.0 Å². The summed E-state index contributed by atoms with van der Waals surface area (Å²) in [6, 6.07) is 7.55. The van der Waals surface area contributed by atoms with Crippen LogP contribution in [-0.2, 0) is 6.54 Å². The molecule has 0 unspecified atom stereocenters. The summed E-state index contributed by atoms with van der Waals surface area (Å²) in [5.74, 6) is 0.239. The van der Waals surface area contributed by atoms with Gasteiger partial charge >= 0.3 is 0 Å². The summed E-state index contributed by atoms with van der Waals surface area (Å²) < 4.78 is 7.98. The molecule has 0 N–H and O–H groups in total. The number of carbonyl (C=O) groups excluding carboxylic acids is 1. The first-order chi connectivity index (χ1) is 10.0. The Morgan fingerprint density at radius 3 is 2.71 bits per heavy atom. The lowest BCUT2D eigenvalue weighted by molar-refractivity contribution is 0.0799. The molecule has 0 aliphatic heterocycles. The molecule has 0 saturated carbocycles. The minimum atomic E-state index is -0.128. The van der Waals surface area contributed by atoms with E-state index in [0.29, 0.717) is 10.8 Å². The standard InChI is InChI=1S/C16H17ClN2O2/c1-4-7-19-12-8-10(17)5-6-11(12)15-13(19)9-14(21-15)16(20)18(2)3/h5-6,8-9H,4,7H2,1-3H3. The van der Waals surface area contributed by atoms with Gasteiger partial charge in [0.2, 0.25) is 0 Å². The summed E-state index contributed by atoms with van der Waals surface area (Å²) in [5, 5.41) is 1.69. The van der Waals surface area contributed by atoms with E-state index in [1.54, 1.807) is 14.1 Å². The molecule has 0 spiro atoms. The third-order valence-corrected chi connectivity index (χ3v) is 3.80. The number of nitrogens with zero attached hydrogens (tertiary/aromatic N) is 2. The number of furan rings is 1. The second-order valence-electron chi connectivity index (χ2n) is 5.34. The SMILES string of the molecule is CCCn1c2cc(Cl)ccc2c2oc(C(=O)N(C)C)cc21. The number of benzene rings is 1.